The molecule has 0 spiro atoms. The SMILES string of the molecule is Cc1cc(N)nn1-c1ccc(Cl)nn1. The average molecular weight is 210 g/mol. The first-order valence-corrected chi connectivity index (χ1v) is 4.36. The van der Waals surface area contributed by atoms with Gasteiger partial charge in [0.2, 0.25) is 0 Å². The van der Waals surface area contributed by atoms with E-state index in [9.17, 15) is 0 Å². The van der Waals surface area contributed by atoms with Crippen molar-refractivity contribution in [2.45, 2.75) is 6.92 Å². The number of halogens is 1. The van der Waals surface area contributed by atoms with E-state index in [4.69, 9.17) is 17.3 Å². The molecule has 0 fully saturated rings. The highest BCUT2D eigenvalue weighted by molar-refractivity contribution is 6.29. The van der Waals surface area contributed by atoms with Gasteiger partial charge in [-0.25, -0.2) is 4.68 Å². The summed E-state index contributed by atoms with van der Waals surface area (Å²) in [6.45, 7) is 1.89. The second-order valence-electron chi connectivity index (χ2n) is 2.84. The third-order valence-corrected chi connectivity index (χ3v) is 1.94. The van der Waals surface area contributed by atoms with Gasteiger partial charge in [0.05, 0.1) is 0 Å². The maximum absolute atomic E-state index is 5.62. The van der Waals surface area contributed by atoms with E-state index in [0.717, 1.165) is 5.69 Å². The van der Waals surface area contributed by atoms with Gasteiger partial charge < -0.3 is 5.73 Å². The fourth-order valence-corrected chi connectivity index (χ4v) is 1.25. The lowest BCUT2D eigenvalue weighted by atomic mass is 10.4. The van der Waals surface area contributed by atoms with Crippen molar-refractivity contribution in [2.24, 2.45) is 0 Å². The Kier molecular flexibility index (Phi) is 2.09. The minimum absolute atomic E-state index is 0.353. The van der Waals surface area contributed by atoms with Gasteiger partial charge in [0.1, 0.15) is 5.82 Å². The normalized spacial score (nSPS) is 10.4. The maximum atomic E-state index is 5.62. The first kappa shape index (κ1) is 8.96. The molecule has 0 atom stereocenters. The molecule has 0 unspecified atom stereocenters. The maximum Gasteiger partial charge on any atom is 0.176 e. The summed E-state index contributed by atoms with van der Waals surface area (Å²) in [6.07, 6.45) is 0. The van der Waals surface area contributed by atoms with Crippen LogP contribution >= 0.6 is 11.6 Å². The third-order valence-electron chi connectivity index (χ3n) is 1.74. The first-order valence-electron chi connectivity index (χ1n) is 3.98. The van der Waals surface area contributed by atoms with E-state index in [1.807, 2.05) is 6.92 Å². The van der Waals surface area contributed by atoms with Gasteiger partial charge in [-0.2, -0.15) is 0 Å². The molecule has 14 heavy (non-hydrogen) atoms. The zero-order valence-corrected chi connectivity index (χ0v) is 8.23. The Hall–Kier alpha value is -1.62. The lowest BCUT2D eigenvalue weighted by Gasteiger charge is -2.00. The number of hydrogen-bond acceptors (Lipinski definition) is 4. The quantitative estimate of drug-likeness (QED) is 0.767. The highest BCUT2D eigenvalue weighted by atomic mass is 35.5. The van der Waals surface area contributed by atoms with Gasteiger partial charge in [-0.1, -0.05) is 11.6 Å². The van der Waals surface area contributed by atoms with Crippen LogP contribution in [0.3, 0.4) is 0 Å². The summed E-state index contributed by atoms with van der Waals surface area (Å²) >= 11 is 5.62. The van der Waals surface area contributed by atoms with E-state index < -0.39 is 0 Å². The number of aryl methyl sites for hydroxylation is 1. The van der Waals surface area contributed by atoms with Crippen LogP contribution in [0, 0.1) is 6.92 Å². The lowest BCUT2D eigenvalue weighted by molar-refractivity contribution is 0.794. The molecule has 2 heterocycles. The number of rotatable bonds is 1. The van der Waals surface area contributed by atoms with E-state index in [2.05, 4.69) is 15.3 Å². The topological polar surface area (TPSA) is 69.6 Å². The van der Waals surface area contributed by atoms with Crippen molar-refractivity contribution in [2.75, 3.05) is 5.73 Å². The highest BCUT2D eigenvalue weighted by Gasteiger charge is 2.05. The van der Waals surface area contributed by atoms with Crippen molar-refractivity contribution < 1.29 is 0 Å². The molecule has 72 valence electrons. The minimum Gasteiger partial charge on any atom is -0.382 e. The van der Waals surface area contributed by atoms with Crippen LogP contribution in [0.25, 0.3) is 5.82 Å². The van der Waals surface area contributed by atoms with Gasteiger partial charge >= 0.3 is 0 Å². The summed E-state index contributed by atoms with van der Waals surface area (Å²) in [5.41, 5.74) is 6.44. The fraction of sp³-hybridized carbons (Fsp3) is 0.125. The molecule has 0 aliphatic rings. The number of nitrogens with two attached hydrogens (primary N) is 1. The Labute approximate surface area is 85.5 Å². The van der Waals surface area contributed by atoms with Crippen LogP contribution < -0.4 is 5.73 Å². The summed E-state index contributed by atoms with van der Waals surface area (Å²) in [5.74, 6) is 1.06. The molecule has 0 aliphatic carbocycles. The number of nitrogens with zero attached hydrogens (tertiary/aromatic N) is 4. The molecule has 2 rings (SSSR count). The van der Waals surface area contributed by atoms with E-state index in [-0.39, 0.29) is 0 Å². The predicted molar refractivity (Wildman–Crippen MR) is 53.3 cm³/mol. The molecule has 0 saturated carbocycles. The summed E-state index contributed by atoms with van der Waals surface area (Å²) in [7, 11) is 0. The molecule has 0 saturated heterocycles. The molecule has 0 amide bonds. The molecule has 2 aromatic heterocycles. The Balaban J connectivity index is 2.49. The number of nitrogen functional groups attached to an aromatic ring is 1. The standard InChI is InChI=1S/C8H8ClN5/c1-5-4-7(10)13-14(5)8-3-2-6(9)11-12-8/h2-4H,1H3,(H2,10,13). The molecular weight excluding hydrogens is 202 g/mol. The van der Waals surface area contributed by atoms with Crippen molar-refractivity contribution in [3.05, 3.63) is 29.0 Å². The van der Waals surface area contributed by atoms with Gasteiger partial charge in [-0.05, 0) is 19.1 Å². The molecule has 0 bridgehead atoms. The molecule has 2 N–H and O–H groups in total. The summed E-state index contributed by atoms with van der Waals surface area (Å²) in [4.78, 5) is 0. The minimum atomic E-state index is 0.353. The zero-order chi connectivity index (χ0) is 10.1. The van der Waals surface area contributed by atoms with Crippen molar-refractivity contribution in [3.63, 3.8) is 0 Å². The largest absolute Gasteiger partial charge is 0.382 e. The molecule has 2 aromatic rings. The van der Waals surface area contributed by atoms with Crippen LogP contribution in [0.5, 0.6) is 0 Å². The second-order valence-corrected chi connectivity index (χ2v) is 3.22. The highest BCUT2D eigenvalue weighted by Crippen LogP contribution is 2.11. The van der Waals surface area contributed by atoms with Crippen molar-refractivity contribution >= 4 is 17.4 Å². The van der Waals surface area contributed by atoms with Crippen LogP contribution in [0.4, 0.5) is 5.82 Å². The monoisotopic (exact) mass is 209 g/mol. The van der Waals surface area contributed by atoms with Crippen LogP contribution in [-0.2, 0) is 0 Å². The van der Waals surface area contributed by atoms with E-state index in [1.54, 1.807) is 22.9 Å². The van der Waals surface area contributed by atoms with Crippen LogP contribution in [-0.4, -0.2) is 20.0 Å². The van der Waals surface area contributed by atoms with Crippen LogP contribution in [0.1, 0.15) is 5.69 Å². The molecule has 6 heteroatoms. The molecule has 5 nitrogen and oxygen atoms in total. The lowest BCUT2D eigenvalue weighted by Crippen LogP contribution is -2.03. The summed E-state index contributed by atoms with van der Waals surface area (Å²) < 4.78 is 1.61. The number of hydrogen-bond donors (Lipinski definition) is 1. The predicted octanol–water partition coefficient (Wildman–Crippen LogP) is 1.21. The second kappa shape index (κ2) is 3.26. The van der Waals surface area contributed by atoms with Crippen molar-refractivity contribution in [1.29, 1.82) is 0 Å². The van der Waals surface area contributed by atoms with Crippen molar-refractivity contribution in [1.82, 2.24) is 20.0 Å². The van der Waals surface area contributed by atoms with Gasteiger partial charge in [0.25, 0.3) is 0 Å². The smallest absolute Gasteiger partial charge is 0.176 e. The Morgan fingerprint density at radius 1 is 1.36 bits per heavy atom. The van der Waals surface area contributed by atoms with Crippen LogP contribution in [0.15, 0.2) is 18.2 Å². The molecule has 0 radical (unpaired) electrons. The van der Waals surface area contributed by atoms with Gasteiger partial charge in [-0.3, -0.25) is 0 Å². The van der Waals surface area contributed by atoms with E-state index in [0.29, 0.717) is 16.8 Å². The van der Waals surface area contributed by atoms with E-state index in [1.165, 1.54) is 0 Å². The molecular formula is C8H8ClN5. The Bertz CT molecular complexity index is 447. The van der Waals surface area contributed by atoms with Crippen molar-refractivity contribution in [3.8, 4) is 5.82 Å². The van der Waals surface area contributed by atoms with Gasteiger partial charge in [-0.15, -0.1) is 15.3 Å². The third kappa shape index (κ3) is 1.54. The van der Waals surface area contributed by atoms with Gasteiger partial charge in [0, 0.05) is 11.8 Å². The first-order chi connectivity index (χ1) is 6.66. The van der Waals surface area contributed by atoms with Gasteiger partial charge in [0.15, 0.2) is 11.0 Å². The Morgan fingerprint density at radius 2 is 2.14 bits per heavy atom. The molecule has 0 aliphatic heterocycles. The fourth-order valence-electron chi connectivity index (χ4n) is 1.15. The number of anilines is 1. The number of aromatic nitrogens is 4. The molecule has 0 aromatic carbocycles. The van der Waals surface area contributed by atoms with E-state index >= 15 is 0 Å². The Morgan fingerprint density at radius 3 is 2.64 bits per heavy atom. The summed E-state index contributed by atoms with van der Waals surface area (Å²) in [6, 6.07) is 5.15. The van der Waals surface area contributed by atoms with Crippen LogP contribution in [0.2, 0.25) is 5.15 Å². The zero-order valence-electron chi connectivity index (χ0n) is 7.48. The average Bonchev–Trinajstić information content (AvgIpc) is 2.47. The summed E-state index contributed by atoms with van der Waals surface area (Å²) in [5, 5.41) is 12.0.